The van der Waals surface area contributed by atoms with Crippen molar-refractivity contribution in [3.05, 3.63) is 23.3 Å². The average Bonchev–Trinajstić information content (AvgIpc) is 3.39. The van der Waals surface area contributed by atoms with Crippen LogP contribution >= 0.6 is 0 Å². The van der Waals surface area contributed by atoms with Crippen LogP contribution in [0.1, 0.15) is 75.7 Å². The molecule has 6 unspecified atom stereocenters. The molecule has 4 aliphatic carbocycles. The van der Waals surface area contributed by atoms with Gasteiger partial charge in [0.05, 0.1) is 18.8 Å². The van der Waals surface area contributed by atoms with Gasteiger partial charge in [0.15, 0.2) is 0 Å². The molecule has 2 aliphatic heterocycles. The fraction of sp³-hybridized carbons (Fsp3) is 0.708. The number of hydrogen-bond donors (Lipinski definition) is 0. The Bertz CT molecular complexity index is 973. The van der Waals surface area contributed by atoms with Crippen LogP contribution in [0.3, 0.4) is 0 Å². The van der Waals surface area contributed by atoms with Crippen molar-refractivity contribution in [2.75, 3.05) is 7.11 Å². The zero-order valence-corrected chi connectivity index (χ0v) is 19.2. The standard InChI is InChI=1S/C24H31BO6/c1-22(2)12-9-17(22)24(5)18(10-12)30-25(31-24)15-11-14(15)13-7-8-16(27-6)19-20(13)28-23(3,4)29-21(19)26/h7-8,12,14-15,17-18H,9-11H2,1-6H3. The highest BCUT2D eigenvalue weighted by atomic mass is 16.7. The molecule has 6 atom stereocenters. The predicted octanol–water partition coefficient (Wildman–Crippen LogP) is 4.57. The van der Waals surface area contributed by atoms with E-state index in [1.807, 2.05) is 12.1 Å². The monoisotopic (exact) mass is 426 g/mol. The van der Waals surface area contributed by atoms with Crippen LogP contribution in [0.25, 0.3) is 0 Å². The van der Waals surface area contributed by atoms with Crippen LogP contribution in [0.15, 0.2) is 12.1 Å². The molecule has 2 heterocycles. The molecule has 6 aliphatic rings. The van der Waals surface area contributed by atoms with Gasteiger partial charge >= 0.3 is 13.1 Å². The van der Waals surface area contributed by atoms with Crippen LogP contribution in [0, 0.1) is 17.3 Å². The third kappa shape index (κ3) is 2.62. The van der Waals surface area contributed by atoms with Gasteiger partial charge in [0, 0.05) is 19.7 Å². The van der Waals surface area contributed by atoms with Gasteiger partial charge in [-0.1, -0.05) is 19.9 Å². The maximum absolute atomic E-state index is 12.7. The summed E-state index contributed by atoms with van der Waals surface area (Å²) in [6, 6.07) is 3.85. The van der Waals surface area contributed by atoms with E-state index in [9.17, 15) is 4.79 Å². The maximum Gasteiger partial charge on any atom is 0.461 e. The molecule has 1 aromatic rings. The summed E-state index contributed by atoms with van der Waals surface area (Å²) in [5.41, 5.74) is 1.53. The summed E-state index contributed by atoms with van der Waals surface area (Å²) >= 11 is 0. The topological polar surface area (TPSA) is 63.2 Å². The first-order valence-corrected chi connectivity index (χ1v) is 11.5. The number of rotatable bonds is 3. The normalized spacial score (nSPS) is 40.8. The number of carbonyl (C=O) groups excluding carboxylic acids is 1. The lowest BCUT2D eigenvalue weighted by atomic mass is 9.43. The molecule has 31 heavy (non-hydrogen) atoms. The molecular weight excluding hydrogens is 395 g/mol. The highest BCUT2D eigenvalue weighted by Crippen LogP contribution is 2.68. The second-order valence-electron chi connectivity index (χ2n) is 11.3. The maximum atomic E-state index is 12.7. The lowest BCUT2D eigenvalue weighted by Crippen LogP contribution is -2.65. The summed E-state index contributed by atoms with van der Waals surface area (Å²) in [7, 11) is 1.36. The van der Waals surface area contributed by atoms with Gasteiger partial charge in [0.2, 0.25) is 5.79 Å². The van der Waals surface area contributed by atoms with E-state index >= 15 is 0 Å². The first-order valence-electron chi connectivity index (χ1n) is 11.5. The Morgan fingerprint density at radius 2 is 1.84 bits per heavy atom. The third-order valence-corrected chi connectivity index (χ3v) is 8.82. The highest BCUT2D eigenvalue weighted by Gasteiger charge is 2.70. The molecule has 7 rings (SSSR count). The molecule has 7 heteroatoms. The van der Waals surface area contributed by atoms with Crippen LogP contribution in [0.2, 0.25) is 5.82 Å². The number of methoxy groups -OCH3 is 1. The van der Waals surface area contributed by atoms with Gasteiger partial charge in [-0.05, 0) is 61.0 Å². The van der Waals surface area contributed by atoms with E-state index in [4.69, 9.17) is 23.5 Å². The van der Waals surface area contributed by atoms with Crippen LogP contribution in [-0.4, -0.2) is 37.7 Å². The largest absolute Gasteiger partial charge is 0.496 e. The van der Waals surface area contributed by atoms with Crippen molar-refractivity contribution in [2.24, 2.45) is 17.3 Å². The van der Waals surface area contributed by atoms with Crippen LogP contribution < -0.4 is 9.47 Å². The van der Waals surface area contributed by atoms with Crippen LogP contribution in [0.4, 0.5) is 0 Å². The minimum absolute atomic E-state index is 0.186. The molecule has 0 N–H and O–H groups in total. The van der Waals surface area contributed by atoms with Crippen molar-refractivity contribution >= 4 is 13.1 Å². The van der Waals surface area contributed by atoms with Crippen molar-refractivity contribution in [2.45, 2.75) is 83.1 Å². The van der Waals surface area contributed by atoms with Crippen molar-refractivity contribution in [1.82, 2.24) is 0 Å². The van der Waals surface area contributed by atoms with Gasteiger partial charge in [0.25, 0.3) is 0 Å². The second kappa shape index (κ2) is 5.99. The highest BCUT2D eigenvalue weighted by molar-refractivity contribution is 6.49. The van der Waals surface area contributed by atoms with Crippen LogP contribution in [-0.2, 0) is 14.0 Å². The SMILES string of the molecule is COc1ccc(C2CC2B2OC3CC4CC(C4(C)C)C3(C)O2)c2c1C(=O)OC(C)(C)O2. The molecule has 0 radical (unpaired) electrons. The number of hydrogen-bond acceptors (Lipinski definition) is 6. The van der Waals surface area contributed by atoms with E-state index in [2.05, 4.69) is 20.8 Å². The molecule has 0 spiro atoms. The zero-order chi connectivity index (χ0) is 21.9. The van der Waals surface area contributed by atoms with Crippen molar-refractivity contribution in [3.63, 3.8) is 0 Å². The summed E-state index contributed by atoms with van der Waals surface area (Å²) in [5, 5.41) is 0. The van der Waals surface area contributed by atoms with E-state index in [1.165, 1.54) is 6.42 Å². The van der Waals surface area contributed by atoms with E-state index in [1.54, 1.807) is 21.0 Å². The van der Waals surface area contributed by atoms with Gasteiger partial charge < -0.3 is 23.5 Å². The second-order valence-corrected chi connectivity index (χ2v) is 11.3. The van der Waals surface area contributed by atoms with E-state index in [-0.39, 0.29) is 30.6 Å². The number of benzene rings is 1. The lowest BCUT2D eigenvalue weighted by molar-refractivity contribution is -0.199. The first-order chi connectivity index (χ1) is 14.5. The Balaban J connectivity index is 1.28. The van der Waals surface area contributed by atoms with E-state index in [0.717, 1.165) is 24.3 Å². The van der Waals surface area contributed by atoms with Crippen molar-refractivity contribution in [1.29, 1.82) is 0 Å². The first kappa shape index (κ1) is 19.9. The molecule has 0 aromatic heterocycles. The van der Waals surface area contributed by atoms with Gasteiger partial charge in [-0.3, -0.25) is 0 Å². The summed E-state index contributed by atoms with van der Waals surface area (Å²) in [5.74, 6) is 1.44. The van der Waals surface area contributed by atoms with Crippen LogP contribution in [0.5, 0.6) is 11.5 Å². The van der Waals surface area contributed by atoms with Crippen molar-refractivity contribution in [3.8, 4) is 11.5 Å². The summed E-state index contributed by atoms with van der Waals surface area (Å²) in [6.07, 6.45) is 3.49. The fourth-order valence-corrected chi connectivity index (χ4v) is 6.84. The van der Waals surface area contributed by atoms with Gasteiger partial charge in [0.1, 0.15) is 17.1 Å². The molecule has 4 saturated carbocycles. The molecule has 1 saturated heterocycles. The Hall–Kier alpha value is -1.73. The van der Waals surface area contributed by atoms with Gasteiger partial charge in [-0.15, -0.1) is 0 Å². The number of ether oxygens (including phenoxy) is 3. The number of cyclic esters (lactones) is 1. The average molecular weight is 426 g/mol. The molecule has 2 bridgehead atoms. The lowest BCUT2D eigenvalue weighted by Gasteiger charge is -2.64. The summed E-state index contributed by atoms with van der Waals surface area (Å²) in [4.78, 5) is 12.7. The summed E-state index contributed by atoms with van der Waals surface area (Å²) < 4.78 is 30.2. The quantitative estimate of drug-likeness (QED) is 0.522. The minimum atomic E-state index is -1.01. The smallest absolute Gasteiger partial charge is 0.461 e. The molecule has 0 amide bonds. The third-order valence-electron chi connectivity index (χ3n) is 8.82. The van der Waals surface area contributed by atoms with Gasteiger partial charge in [-0.25, -0.2) is 4.79 Å². The van der Waals surface area contributed by atoms with E-state index < -0.39 is 11.8 Å². The number of esters is 1. The Labute approximate surface area is 184 Å². The number of fused-ring (bicyclic) bond motifs is 1. The Kier molecular flexibility index (Phi) is 3.85. The predicted molar refractivity (Wildman–Crippen MR) is 114 cm³/mol. The zero-order valence-electron chi connectivity index (χ0n) is 19.2. The molecule has 6 nitrogen and oxygen atoms in total. The molecule has 166 valence electrons. The van der Waals surface area contributed by atoms with Gasteiger partial charge in [-0.2, -0.15) is 0 Å². The van der Waals surface area contributed by atoms with E-state index in [0.29, 0.717) is 28.4 Å². The molecular formula is C24H31BO6. The van der Waals surface area contributed by atoms with Crippen molar-refractivity contribution < 1.29 is 28.3 Å². The summed E-state index contributed by atoms with van der Waals surface area (Å²) in [6.45, 7) is 10.5. The molecule has 5 fully saturated rings. The Morgan fingerprint density at radius 3 is 2.55 bits per heavy atom. The fourth-order valence-electron chi connectivity index (χ4n) is 6.84. The molecule has 1 aromatic carbocycles. The minimum Gasteiger partial charge on any atom is -0.496 e. The number of carbonyl (C=O) groups is 1. The Morgan fingerprint density at radius 1 is 1.06 bits per heavy atom.